The first-order valence-electron chi connectivity index (χ1n) is 6.83. The summed E-state index contributed by atoms with van der Waals surface area (Å²) in [6, 6.07) is 7.55. The summed E-state index contributed by atoms with van der Waals surface area (Å²) in [6.45, 7) is 0.720. The summed E-state index contributed by atoms with van der Waals surface area (Å²) in [7, 11) is 1.67. The summed E-state index contributed by atoms with van der Waals surface area (Å²) >= 11 is 1.60. The van der Waals surface area contributed by atoms with E-state index in [0.717, 1.165) is 22.8 Å². The normalized spacial score (nSPS) is 21.4. The molecule has 2 heterocycles. The molecular formula is C15H17N3O2S. The smallest absolute Gasteiger partial charge is 0.241 e. The number of anilines is 1. The van der Waals surface area contributed by atoms with Gasteiger partial charge in [0.25, 0.3) is 0 Å². The molecule has 1 aliphatic rings. The minimum Gasteiger partial charge on any atom is -0.380 e. The van der Waals surface area contributed by atoms with E-state index in [9.17, 15) is 4.79 Å². The van der Waals surface area contributed by atoms with Gasteiger partial charge in [-0.15, -0.1) is 11.3 Å². The van der Waals surface area contributed by atoms with Gasteiger partial charge in [-0.3, -0.25) is 4.79 Å². The van der Waals surface area contributed by atoms with Gasteiger partial charge in [0, 0.05) is 36.5 Å². The van der Waals surface area contributed by atoms with Crippen LogP contribution in [0.2, 0.25) is 0 Å². The van der Waals surface area contributed by atoms with E-state index in [1.807, 2.05) is 29.6 Å². The Balaban J connectivity index is 1.62. The zero-order chi connectivity index (χ0) is 14.7. The van der Waals surface area contributed by atoms with Gasteiger partial charge in [-0.25, -0.2) is 4.98 Å². The fraction of sp³-hybridized carbons (Fsp3) is 0.333. The zero-order valence-electron chi connectivity index (χ0n) is 11.7. The Morgan fingerprint density at radius 2 is 2.24 bits per heavy atom. The van der Waals surface area contributed by atoms with Crippen LogP contribution in [0.3, 0.4) is 0 Å². The second kappa shape index (κ2) is 6.34. The molecule has 1 aromatic heterocycles. The van der Waals surface area contributed by atoms with Crippen molar-refractivity contribution in [1.29, 1.82) is 0 Å². The van der Waals surface area contributed by atoms with E-state index in [1.54, 1.807) is 24.6 Å². The summed E-state index contributed by atoms with van der Waals surface area (Å²) in [4.78, 5) is 16.4. The number of hydrogen-bond donors (Lipinski definition) is 2. The van der Waals surface area contributed by atoms with Crippen molar-refractivity contribution >= 4 is 22.9 Å². The molecule has 0 spiro atoms. The van der Waals surface area contributed by atoms with E-state index in [1.165, 1.54) is 0 Å². The van der Waals surface area contributed by atoms with Crippen molar-refractivity contribution in [1.82, 2.24) is 10.3 Å². The number of benzene rings is 1. The summed E-state index contributed by atoms with van der Waals surface area (Å²) < 4.78 is 5.25. The molecule has 1 aliphatic heterocycles. The molecule has 2 unspecified atom stereocenters. The lowest BCUT2D eigenvalue weighted by molar-refractivity contribution is -0.118. The van der Waals surface area contributed by atoms with Crippen LogP contribution < -0.4 is 10.6 Å². The number of carbonyl (C=O) groups is 1. The van der Waals surface area contributed by atoms with E-state index in [0.29, 0.717) is 6.42 Å². The fourth-order valence-corrected chi connectivity index (χ4v) is 3.02. The monoisotopic (exact) mass is 303 g/mol. The highest BCUT2D eigenvalue weighted by atomic mass is 32.1. The number of amides is 1. The molecule has 0 radical (unpaired) electrons. The molecule has 21 heavy (non-hydrogen) atoms. The predicted molar refractivity (Wildman–Crippen MR) is 83.4 cm³/mol. The summed E-state index contributed by atoms with van der Waals surface area (Å²) in [5.41, 5.74) is 1.85. The van der Waals surface area contributed by atoms with Crippen LogP contribution in [0.15, 0.2) is 35.8 Å². The molecule has 5 nitrogen and oxygen atoms in total. The van der Waals surface area contributed by atoms with Crippen LogP contribution in [0.5, 0.6) is 0 Å². The van der Waals surface area contributed by atoms with Gasteiger partial charge < -0.3 is 15.4 Å². The van der Waals surface area contributed by atoms with Crippen LogP contribution in [-0.4, -0.2) is 36.7 Å². The molecule has 0 aliphatic carbocycles. The van der Waals surface area contributed by atoms with Crippen molar-refractivity contribution in [3.05, 3.63) is 35.8 Å². The largest absolute Gasteiger partial charge is 0.380 e. The van der Waals surface area contributed by atoms with Gasteiger partial charge in [0.1, 0.15) is 5.01 Å². The van der Waals surface area contributed by atoms with E-state index in [2.05, 4.69) is 15.6 Å². The lowest BCUT2D eigenvalue weighted by Gasteiger charge is -2.11. The average molecular weight is 303 g/mol. The Kier molecular flexibility index (Phi) is 4.28. The van der Waals surface area contributed by atoms with Crippen molar-refractivity contribution < 1.29 is 9.53 Å². The highest BCUT2D eigenvalue weighted by molar-refractivity contribution is 7.13. The third-order valence-electron chi connectivity index (χ3n) is 3.57. The maximum absolute atomic E-state index is 12.2. The summed E-state index contributed by atoms with van der Waals surface area (Å²) in [5, 5.41) is 9.02. The number of hydrogen-bond acceptors (Lipinski definition) is 5. The number of ether oxygens (including phenoxy) is 1. The van der Waals surface area contributed by atoms with Crippen molar-refractivity contribution in [2.45, 2.75) is 18.6 Å². The molecule has 0 bridgehead atoms. The predicted octanol–water partition coefficient (Wildman–Crippen LogP) is 2.13. The fourth-order valence-electron chi connectivity index (χ4n) is 2.37. The third-order valence-corrected chi connectivity index (χ3v) is 4.39. The topological polar surface area (TPSA) is 63.2 Å². The first-order valence-corrected chi connectivity index (χ1v) is 7.71. The third kappa shape index (κ3) is 3.29. The standard InChI is InChI=1S/C15H17N3O2S/c1-20-12-8-13(17-9-12)14(19)18-11-4-2-10(3-5-11)15-16-6-7-21-15/h2-7,12-13,17H,8-9H2,1H3,(H,18,19). The first-order chi connectivity index (χ1) is 10.3. The minimum absolute atomic E-state index is 0.0171. The van der Waals surface area contributed by atoms with Gasteiger partial charge in [-0.05, 0) is 30.7 Å². The van der Waals surface area contributed by atoms with E-state index in [4.69, 9.17) is 4.74 Å². The number of methoxy groups -OCH3 is 1. The molecule has 1 aromatic carbocycles. The van der Waals surface area contributed by atoms with E-state index >= 15 is 0 Å². The van der Waals surface area contributed by atoms with Crippen LogP contribution in [0.25, 0.3) is 10.6 Å². The molecule has 1 fully saturated rings. The maximum atomic E-state index is 12.2. The Bertz CT molecular complexity index is 598. The maximum Gasteiger partial charge on any atom is 0.241 e. The molecule has 0 saturated carbocycles. The Hall–Kier alpha value is -1.76. The number of thiazole rings is 1. The minimum atomic E-state index is -0.186. The Morgan fingerprint density at radius 3 is 2.86 bits per heavy atom. The molecule has 2 atom stereocenters. The molecule has 1 amide bonds. The second-order valence-electron chi connectivity index (χ2n) is 4.96. The van der Waals surface area contributed by atoms with Crippen LogP contribution in [0.4, 0.5) is 5.69 Å². The second-order valence-corrected chi connectivity index (χ2v) is 5.85. The zero-order valence-corrected chi connectivity index (χ0v) is 12.5. The lowest BCUT2D eigenvalue weighted by atomic mass is 10.1. The molecule has 2 N–H and O–H groups in total. The van der Waals surface area contributed by atoms with Gasteiger partial charge in [0.15, 0.2) is 0 Å². The number of rotatable bonds is 4. The van der Waals surface area contributed by atoms with Crippen LogP contribution in [-0.2, 0) is 9.53 Å². The van der Waals surface area contributed by atoms with Crippen LogP contribution in [0, 0.1) is 0 Å². The van der Waals surface area contributed by atoms with Crippen LogP contribution >= 0.6 is 11.3 Å². The molecule has 6 heteroatoms. The molecule has 110 valence electrons. The van der Waals surface area contributed by atoms with Gasteiger partial charge in [0.05, 0.1) is 12.1 Å². The Labute approximate surface area is 127 Å². The number of nitrogens with zero attached hydrogens (tertiary/aromatic N) is 1. The van der Waals surface area contributed by atoms with Crippen molar-refractivity contribution in [2.75, 3.05) is 19.0 Å². The Morgan fingerprint density at radius 1 is 1.43 bits per heavy atom. The molecule has 1 saturated heterocycles. The van der Waals surface area contributed by atoms with Gasteiger partial charge >= 0.3 is 0 Å². The highest BCUT2D eigenvalue weighted by Crippen LogP contribution is 2.23. The van der Waals surface area contributed by atoms with Gasteiger partial charge in [-0.2, -0.15) is 0 Å². The van der Waals surface area contributed by atoms with Crippen LogP contribution in [0.1, 0.15) is 6.42 Å². The average Bonchev–Trinajstić information content (AvgIpc) is 3.19. The number of nitrogens with one attached hydrogen (secondary N) is 2. The van der Waals surface area contributed by atoms with E-state index < -0.39 is 0 Å². The highest BCUT2D eigenvalue weighted by Gasteiger charge is 2.29. The van der Waals surface area contributed by atoms with Crippen molar-refractivity contribution in [2.24, 2.45) is 0 Å². The SMILES string of the molecule is COC1CNC(C(=O)Nc2ccc(-c3nccs3)cc2)C1. The summed E-state index contributed by atoms with van der Waals surface area (Å²) in [5.74, 6) is -0.0171. The molecule has 2 aromatic rings. The van der Waals surface area contributed by atoms with Crippen molar-refractivity contribution in [3.63, 3.8) is 0 Å². The van der Waals surface area contributed by atoms with E-state index in [-0.39, 0.29) is 18.1 Å². The quantitative estimate of drug-likeness (QED) is 0.908. The number of aromatic nitrogens is 1. The first kappa shape index (κ1) is 14.2. The lowest BCUT2D eigenvalue weighted by Crippen LogP contribution is -2.35. The van der Waals surface area contributed by atoms with Gasteiger partial charge in [-0.1, -0.05) is 0 Å². The summed E-state index contributed by atoms with van der Waals surface area (Å²) in [6.07, 6.45) is 2.61. The molecule has 3 rings (SSSR count). The number of carbonyl (C=O) groups excluding carboxylic acids is 1. The van der Waals surface area contributed by atoms with Crippen molar-refractivity contribution in [3.8, 4) is 10.6 Å². The molecular weight excluding hydrogens is 286 g/mol. The van der Waals surface area contributed by atoms with Gasteiger partial charge in [0.2, 0.25) is 5.91 Å².